The van der Waals surface area contributed by atoms with Gasteiger partial charge in [0.1, 0.15) is 5.60 Å². The molecule has 4 heteroatoms. The van der Waals surface area contributed by atoms with Gasteiger partial charge in [0.15, 0.2) is 0 Å². The molecule has 0 heterocycles. The first-order chi connectivity index (χ1) is 8.31. The highest BCUT2D eigenvalue weighted by molar-refractivity contribution is 5.96. The van der Waals surface area contributed by atoms with Crippen molar-refractivity contribution in [2.75, 3.05) is 0 Å². The van der Waals surface area contributed by atoms with Crippen molar-refractivity contribution in [2.24, 2.45) is 5.92 Å². The van der Waals surface area contributed by atoms with Crippen molar-refractivity contribution in [1.29, 1.82) is 0 Å². The van der Waals surface area contributed by atoms with E-state index >= 15 is 0 Å². The molecule has 4 nitrogen and oxygen atoms in total. The Labute approximate surface area is 108 Å². The molecule has 0 aromatic carbocycles. The van der Waals surface area contributed by atoms with Gasteiger partial charge in [0.25, 0.3) is 0 Å². The van der Waals surface area contributed by atoms with Crippen LogP contribution in [0.3, 0.4) is 0 Å². The molecule has 1 fully saturated rings. The number of nitrogens with one attached hydrogen (secondary N) is 1. The fourth-order valence-corrected chi connectivity index (χ4v) is 2.09. The summed E-state index contributed by atoms with van der Waals surface area (Å²) in [5, 5.41) is 2.83. The summed E-state index contributed by atoms with van der Waals surface area (Å²) in [6.07, 6.45) is 7.73. The highest BCUT2D eigenvalue weighted by Gasteiger charge is 2.27. The quantitative estimate of drug-likeness (QED) is 0.605. The van der Waals surface area contributed by atoms with Crippen LogP contribution in [0.2, 0.25) is 0 Å². The van der Waals surface area contributed by atoms with E-state index < -0.39 is 11.7 Å². The zero-order valence-corrected chi connectivity index (χ0v) is 11.3. The summed E-state index contributed by atoms with van der Waals surface area (Å²) >= 11 is 0. The molecule has 1 saturated carbocycles. The van der Waals surface area contributed by atoms with Gasteiger partial charge in [-0.15, -0.1) is 6.42 Å². The van der Waals surface area contributed by atoms with E-state index in [4.69, 9.17) is 11.2 Å². The number of carbonyl (C=O) groups is 2. The van der Waals surface area contributed by atoms with Crippen LogP contribution in [0.1, 0.15) is 46.5 Å². The standard InChI is InChI=1S/C14H21NO3/c1-5-12(16)10-6-8-11(9-7-10)15-13(17)18-14(2,3)4/h1,10-11H,6-9H2,2-4H3,(H,15,17). The van der Waals surface area contributed by atoms with Crippen LogP contribution < -0.4 is 5.32 Å². The van der Waals surface area contributed by atoms with E-state index in [0.717, 1.165) is 25.7 Å². The van der Waals surface area contributed by atoms with Gasteiger partial charge in [-0.1, -0.05) is 0 Å². The Balaban J connectivity index is 2.34. The van der Waals surface area contributed by atoms with Crippen LogP contribution in [-0.2, 0) is 9.53 Å². The van der Waals surface area contributed by atoms with Crippen molar-refractivity contribution in [2.45, 2.75) is 58.1 Å². The second-order valence-electron chi connectivity index (χ2n) is 5.70. The molecule has 0 aromatic heterocycles. The zero-order valence-electron chi connectivity index (χ0n) is 11.3. The number of carbonyl (C=O) groups excluding carboxylic acids is 2. The number of amides is 1. The van der Waals surface area contributed by atoms with E-state index in [-0.39, 0.29) is 17.7 Å². The molecule has 0 spiro atoms. The Hall–Kier alpha value is -1.50. The third kappa shape index (κ3) is 4.79. The lowest BCUT2D eigenvalue weighted by atomic mass is 9.84. The Morgan fingerprint density at radius 1 is 1.22 bits per heavy atom. The predicted octanol–water partition coefficient (Wildman–Crippen LogP) is 2.27. The summed E-state index contributed by atoms with van der Waals surface area (Å²) in [5.74, 6) is 2.02. The van der Waals surface area contributed by atoms with Crippen molar-refractivity contribution in [3.63, 3.8) is 0 Å². The number of hydrogen-bond donors (Lipinski definition) is 1. The van der Waals surface area contributed by atoms with Crippen LogP contribution in [0.5, 0.6) is 0 Å². The fourth-order valence-electron chi connectivity index (χ4n) is 2.09. The first kappa shape index (κ1) is 14.6. The Morgan fingerprint density at radius 2 is 1.78 bits per heavy atom. The van der Waals surface area contributed by atoms with Crippen LogP contribution in [-0.4, -0.2) is 23.5 Å². The molecule has 0 aromatic rings. The second-order valence-corrected chi connectivity index (χ2v) is 5.70. The molecule has 0 unspecified atom stereocenters. The molecule has 0 aliphatic heterocycles. The Bertz CT molecular complexity index is 354. The number of alkyl carbamates (subject to hydrolysis) is 1. The third-order valence-electron chi connectivity index (χ3n) is 2.96. The first-order valence-corrected chi connectivity index (χ1v) is 6.32. The molecule has 100 valence electrons. The minimum atomic E-state index is -0.485. The number of hydrogen-bond acceptors (Lipinski definition) is 3. The topological polar surface area (TPSA) is 55.4 Å². The fraction of sp³-hybridized carbons (Fsp3) is 0.714. The summed E-state index contributed by atoms with van der Waals surface area (Å²) in [7, 11) is 0. The van der Waals surface area contributed by atoms with E-state index in [9.17, 15) is 9.59 Å². The first-order valence-electron chi connectivity index (χ1n) is 6.32. The van der Waals surface area contributed by atoms with Gasteiger partial charge in [-0.05, 0) is 52.4 Å². The van der Waals surface area contributed by atoms with Gasteiger partial charge >= 0.3 is 6.09 Å². The van der Waals surface area contributed by atoms with E-state index in [2.05, 4.69) is 11.2 Å². The summed E-state index contributed by atoms with van der Waals surface area (Å²) in [6, 6.07) is 0.0849. The highest BCUT2D eigenvalue weighted by Crippen LogP contribution is 2.25. The van der Waals surface area contributed by atoms with E-state index in [0.29, 0.717) is 0 Å². The molecule has 0 radical (unpaired) electrons. The lowest BCUT2D eigenvalue weighted by Gasteiger charge is -2.28. The monoisotopic (exact) mass is 251 g/mol. The summed E-state index contributed by atoms with van der Waals surface area (Å²) in [5.41, 5.74) is -0.485. The van der Waals surface area contributed by atoms with Gasteiger partial charge in [0, 0.05) is 12.0 Å². The lowest BCUT2D eigenvalue weighted by molar-refractivity contribution is -0.118. The summed E-state index contributed by atoms with van der Waals surface area (Å²) < 4.78 is 5.19. The maximum atomic E-state index is 11.6. The predicted molar refractivity (Wildman–Crippen MR) is 69.0 cm³/mol. The van der Waals surface area contributed by atoms with Gasteiger partial charge in [-0.25, -0.2) is 4.79 Å². The van der Waals surface area contributed by atoms with Crippen LogP contribution in [0, 0.1) is 18.3 Å². The molecule has 1 N–H and O–H groups in total. The average Bonchev–Trinajstić information content (AvgIpc) is 2.26. The SMILES string of the molecule is C#CC(=O)C1CCC(NC(=O)OC(C)(C)C)CC1. The third-order valence-corrected chi connectivity index (χ3v) is 2.96. The minimum absolute atomic E-state index is 0.0355. The van der Waals surface area contributed by atoms with Gasteiger partial charge in [-0.2, -0.15) is 0 Å². The van der Waals surface area contributed by atoms with E-state index in [1.165, 1.54) is 0 Å². The van der Waals surface area contributed by atoms with Crippen LogP contribution in [0.4, 0.5) is 4.79 Å². The normalized spacial score (nSPS) is 23.9. The number of ketones is 1. The van der Waals surface area contributed by atoms with Crippen LogP contribution in [0.15, 0.2) is 0 Å². The van der Waals surface area contributed by atoms with Crippen LogP contribution in [0.25, 0.3) is 0 Å². The van der Waals surface area contributed by atoms with Gasteiger partial charge in [0.05, 0.1) is 0 Å². The second kappa shape index (κ2) is 5.90. The van der Waals surface area contributed by atoms with Crippen molar-refractivity contribution in [3.05, 3.63) is 0 Å². The molecule has 1 rings (SSSR count). The Morgan fingerprint density at radius 3 is 2.22 bits per heavy atom. The number of Topliss-reactive ketones (excluding diaryl/α,β-unsaturated/α-hetero) is 1. The number of rotatable bonds is 2. The molecule has 1 aliphatic rings. The molecule has 0 bridgehead atoms. The van der Waals surface area contributed by atoms with Crippen molar-refractivity contribution < 1.29 is 14.3 Å². The van der Waals surface area contributed by atoms with E-state index in [1.807, 2.05) is 20.8 Å². The molecule has 18 heavy (non-hydrogen) atoms. The molecule has 1 aliphatic carbocycles. The largest absolute Gasteiger partial charge is 0.444 e. The lowest BCUT2D eigenvalue weighted by Crippen LogP contribution is -2.41. The highest BCUT2D eigenvalue weighted by atomic mass is 16.6. The average molecular weight is 251 g/mol. The summed E-state index contributed by atoms with van der Waals surface area (Å²) in [6.45, 7) is 5.49. The van der Waals surface area contributed by atoms with Crippen LogP contribution >= 0.6 is 0 Å². The van der Waals surface area contributed by atoms with Crippen molar-refractivity contribution in [3.8, 4) is 12.3 Å². The summed E-state index contributed by atoms with van der Waals surface area (Å²) in [4.78, 5) is 22.9. The number of ether oxygens (including phenoxy) is 1. The van der Waals surface area contributed by atoms with E-state index in [1.54, 1.807) is 0 Å². The van der Waals surface area contributed by atoms with Gasteiger partial charge in [-0.3, -0.25) is 4.79 Å². The molecule has 1 amide bonds. The Kier molecular flexibility index (Phi) is 4.77. The zero-order chi connectivity index (χ0) is 13.8. The minimum Gasteiger partial charge on any atom is -0.444 e. The van der Waals surface area contributed by atoms with Gasteiger partial charge in [0.2, 0.25) is 5.78 Å². The molecule has 0 atom stereocenters. The molecular formula is C14H21NO3. The van der Waals surface area contributed by atoms with Crippen molar-refractivity contribution in [1.82, 2.24) is 5.32 Å². The van der Waals surface area contributed by atoms with Gasteiger partial charge < -0.3 is 10.1 Å². The maximum absolute atomic E-state index is 11.6. The van der Waals surface area contributed by atoms with Crippen molar-refractivity contribution >= 4 is 11.9 Å². The number of terminal acetylenes is 1. The molecule has 0 saturated heterocycles. The molecular weight excluding hydrogens is 230 g/mol. The smallest absolute Gasteiger partial charge is 0.407 e. The maximum Gasteiger partial charge on any atom is 0.407 e.